The van der Waals surface area contributed by atoms with Gasteiger partial charge in [0.15, 0.2) is 0 Å². The fourth-order valence-corrected chi connectivity index (χ4v) is 8.44. The molecule has 3 fully saturated rings. The largest absolute Gasteiger partial charge is 0.467 e. The molecule has 2 aromatic carbocycles. The number of carbonyl (C=O) groups excluding carboxylic acids is 4. The Kier molecular flexibility index (Phi) is 16.2. The number of methoxy groups -OCH3 is 2. The Hall–Kier alpha value is -4.44. The van der Waals surface area contributed by atoms with Crippen LogP contribution in [0.15, 0.2) is 73.3 Å². The SMILES string of the molecule is C=CC[C@]1(C)[C@@H](CO)CN(C(=O)OCc2ccccc2)[C@@H]1C(=O)OC.COC(=O)[C@H]1N(C(=O)OCc2ccccc2)C[C@H](CO)[C@@]1(C)CCCB1OC(C)(C)C(C)(C)O1. The van der Waals surface area contributed by atoms with E-state index in [1.54, 1.807) is 6.08 Å². The maximum Gasteiger partial charge on any atom is 0.457 e. The van der Waals surface area contributed by atoms with Crippen LogP contribution in [0.1, 0.15) is 71.9 Å². The molecule has 3 heterocycles. The Morgan fingerprint density at radius 3 is 1.53 bits per heavy atom. The first-order valence-electron chi connectivity index (χ1n) is 20.2. The van der Waals surface area contributed by atoms with Crippen molar-refractivity contribution in [3.63, 3.8) is 0 Å². The number of aliphatic hydroxyl groups excluding tert-OH is 2. The van der Waals surface area contributed by atoms with Gasteiger partial charge in [0.05, 0.1) is 25.4 Å². The molecule has 6 atom stereocenters. The van der Waals surface area contributed by atoms with Gasteiger partial charge in [0, 0.05) is 49.0 Å². The zero-order valence-corrected chi connectivity index (χ0v) is 35.9. The number of hydrogen-bond donors (Lipinski definition) is 2. The third-order valence-corrected chi connectivity index (χ3v) is 12.8. The third-order valence-electron chi connectivity index (χ3n) is 12.8. The van der Waals surface area contributed by atoms with E-state index in [0.29, 0.717) is 25.6 Å². The van der Waals surface area contributed by atoms with Gasteiger partial charge in [-0.2, -0.15) is 0 Å². The molecule has 0 spiro atoms. The molecule has 14 nitrogen and oxygen atoms in total. The molecule has 3 aliphatic heterocycles. The molecule has 2 N–H and O–H groups in total. The summed E-state index contributed by atoms with van der Waals surface area (Å²) in [6.45, 7) is 16.0. The summed E-state index contributed by atoms with van der Waals surface area (Å²) in [7, 11) is 2.26. The van der Waals surface area contributed by atoms with Crippen LogP contribution < -0.4 is 0 Å². The first kappa shape index (κ1) is 47.2. The average molecular weight is 823 g/mol. The predicted octanol–water partition coefficient (Wildman–Crippen LogP) is 6.04. The molecular weight excluding hydrogens is 759 g/mol. The maximum absolute atomic E-state index is 13.0. The molecule has 0 aliphatic carbocycles. The maximum atomic E-state index is 13.0. The Balaban J connectivity index is 0.000000273. The summed E-state index contributed by atoms with van der Waals surface area (Å²) in [4.78, 5) is 53.6. The molecule has 0 aromatic heterocycles. The van der Waals surface area contributed by atoms with E-state index in [1.807, 2.05) is 102 Å². The molecule has 0 bridgehead atoms. The lowest BCUT2D eigenvalue weighted by atomic mass is 9.69. The second-order valence-corrected chi connectivity index (χ2v) is 17.1. The number of amides is 2. The summed E-state index contributed by atoms with van der Waals surface area (Å²) in [6.07, 6.45) is 2.91. The van der Waals surface area contributed by atoms with Crippen molar-refractivity contribution in [2.45, 2.75) is 104 Å². The topological polar surface area (TPSA) is 171 Å². The molecule has 3 aliphatic rings. The van der Waals surface area contributed by atoms with Crippen LogP contribution in [0.2, 0.25) is 6.32 Å². The predicted molar refractivity (Wildman–Crippen MR) is 221 cm³/mol. The van der Waals surface area contributed by atoms with E-state index < -0.39 is 58.2 Å². The number of allylic oxidation sites excluding steroid dienone is 1. The van der Waals surface area contributed by atoms with Crippen molar-refractivity contribution in [2.75, 3.05) is 40.5 Å². The smallest absolute Gasteiger partial charge is 0.457 e. The number of rotatable bonds is 14. The number of carbonyl (C=O) groups is 4. The molecular formula is C44H63BN2O12. The van der Waals surface area contributed by atoms with E-state index in [4.69, 9.17) is 28.3 Å². The van der Waals surface area contributed by atoms with Gasteiger partial charge >= 0.3 is 31.2 Å². The number of benzene rings is 2. The van der Waals surface area contributed by atoms with Crippen molar-refractivity contribution in [3.05, 3.63) is 84.4 Å². The van der Waals surface area contributed by atoms with Gasteiger partial charge in [-0.05, 0) is 58.0 Å². The molecule has 2 amide bonds. The molecule has 0 radical (unpaired) electrons. The van der Waals surface area contributed by atoms with E-state index in [1.165, 1.54) is 24.0 Å². The Labute approximate surface area is 349 Å². The number of nitrogens with zero attached hydrogens (tertiary/aromatic N) is 2. The standard InChI is InChI=1S/C25H38BNO7.C19H25NO5/c1-23(2)24(3,4)34-26(33-23)14-10-13-25(5)19(16-28)15-27(20(25)21(29)31-6)22(30)32-17-18-11-8-7-9-12-18;1-4-10-19(2)15(12-21)11-20(16(19)17(22)24-3)18(23)25-13-14-8-6-5-7-9-14/h7-9,11-12,19-20,28H,10,13-17H2,1-6H3;4-9,15-16,21H,1,10-13H2,2-3H3/t19-,20-,25-;15-,16-,19-/m11/s1. The number of aliphatic hydroxyl groups is 2. The van der Waals surface area contributed by atoms with Crippen LogP contribution in [0.25, 0.3) is 0 Å². The summed E-state index contributed by atoms with van der Waals surface area (Å²) >= 11 is 0. The molecule has 5 rings (SSSR count). The second kappa shape index (κ2) is 20.2. The van der Waals surface area contributed by atoms with Crippen molar-refractivity contribution in [2.24, 2.45) is 22.7 Å². The fourth-order valence-electron chi connectivity index (χ4n) is 8.44. The van der Waals surface area contributed by atoms with Crippen molar-refractivity contribution < 1.29 is 57.6 Å². The van der Waals surface area contributed by atoms with E-state index in [-0.39, 0.29) is 58.5 Å². The molecule has 324 valence electrons. The first-order valence-corrected chi connectivity index (χ1v) is 20.2. The van der Waals surface area contributed by atoms with E-state index in [0.717, 1.165) is 11.1 Å². The lowest BCUT2D eigenvalue weighted by molar-refractivity contribution is -0.150. The summed E-state index contributed by atoms with van der Waals surface area (Å²) in [5.74, 6) is -1.58. The summed E-state index contributed by atoms with van der Waals surface area (Å²) in [6, 6.07) is 17.0. The molecule has 59 heavy (non-hydrogen) atoms. The summed E-state index contributed by atoms with van der Waals surface area (Å²) in [5, 5.41) is 19.9. The van der Waals surface area contributed by atoms with Crippen LogP contribution in [0.3, 0.4) is 0 Å². The first-order chi connectivity index (χ1) is 27.9. The van der Waals surface area contributed by atoms with Gasteiger partial charge in [-0.25, -0.2) is 19.2 Å². The second-order valence-electron chi connectivity index (χ2n) is 17.1. The number of ether oxygens (including phenoxy) is 4. The fraction of sp³-hybridized carbons (Fsp3) is 0.591. The third kappa shape index (κ3) is 10.7. The van der Waals surface area contributed by atoms with Gasteiger partial charge in [-0.1, -0.05) is 87.0 Å². The Morgan fingerprint density at radius 1 is 0.729 bits per heavy atom. The van der Waals surface area contributed by atoms with Crippen LogP contribution in [-0.4, -0.2) is 115 Å². The minimum absolute atomic E-state index is 0.104. The number of esters is 2. The highest BCUT2D eigenvalue weighted by molar-refractivity contribution is 6.45. The monoisotopic (exact) mass is 822 g/mol. The number of likely N-dealkylation sites (tertiary alicyclic amines) is 2. The summed E-state index contributed by atoms with van der Waals surface area (Å²) in [5.41, 5.74) is -0.440. The Morgan fingerprint density at radius 2 is 1.14 bits per heavy atom. The van der Waals surface area contributed by atoms with Gasteiger partial charge < -0.3 is 38.5 Å². The van der Waals surface area contributed by atoms with Gasteiger partial charge in [-0.15, -0.1) is 6.58 Å². The highest BCUT2D eigenvalue weighted by atomic mass is 16.7. The van der Waals surface area contributed by atoms with Crippen LogP contribution in [0.5, 0.6) is 0 Å². The van der Waals surface area contributed by atoms with E-state index in [2.05, 4.69) is 6.58 Å². The van der Waals surface area contributed by atoms with Crippen LogP contribution >= 0.6 is 0 Å². The molecule has 15 heteroatoms. The van der Waals surface area contributed by atoms with Gasteiger partial charge in [0.25, 0.3) is 0 Å². The zero-order valence-electron chi connectivity index (χ0n) is 35.9. The Bertz CT molecular complexity index is 1710. The van der Waals surface area contributed by atoms with Crippen LogP contribution in [0, 0.1) is 22.7 Å². The minimum atomic E-state index is -0.851. The van der Waals surface area contributed by atoms with Crippen LogP contribution in [-0.2, 0) is 51.1 Å². The molecule has 0 unspecified atom stereocenters. The highest BCUT2D eigenvalue weighted by Gasteiger charge is 2.58. The van der Waals surface area contributed by atoms with Crippen molar-refractivity contribution in [1.82, 2.24) is 9.80 Å². The lowest BCUT2D eigenvalue weighted by Crippen LogP contribution is -2.48. The zero-order chi connectivity index (χ0) is 43.6. The van der Waals surface area contributed by atoms with Crippen LogP contribution in [0.4, 0.5) is 9.59 Å². The van der Waals surface area contributed by atoms with Gasteiger partial charge in [0.2, 0.25) is 0 Å². The molecule has 3 saturated heterocycles. The molecule has 2 aromatic rings. The highest BCUT2D eigenvalue weighted by Crippen LogP contribution is 2.48. The normalized spacial score (nSPS) is 26.7. The van der Waals surface area contributed by atoms with Crippen molar-refractivity contribution in [3.8, 4) is 0 Å². The van der Waals surface area contributed by atoms with Crippen molar-refractivity contribution in [1.29, 1.82) is 0 Å². The minimum Gasteiger partial charge on any atom is -0.467 e. The molecule has 0 saturated carbocycles. The lowest BCUT2D eigenvalue weighted by Gasteiger charge is -2.35. The van der Waals surface area contributed by atoms with Gasteiger partial charge in [0.1, 0.15) is 25.3 Å². The average Bonchev–Trinajstić information content (AvgIpc) is 3.77. The van der Waals surface area contributed by atoms with Gasteiger partial charge in [-0.3, -0.25) is 9.80 Å². The van der Waals surface area contributed by atoms with E-state index in [9.17, 15) is 29.4 Å². The summed E-state index contributed by atoms with van der Waals surface area (Å²) < 4.78 is 33.1. The quantitative estimate of drug-likeness (QED) is 0.0982. The van der Waals surface area contributed by atoms with E-state index >= 15 is 0 Å². The van der Waals surface area contributed by atoms with Crippen molar-refractivity contribution >= 4 is 31.2 Å². The number of hydrogen-bond acceptors (Lipinski definition) is 12.